The second-order valence-electron chi connectivity index (χ2n) is 7.20. The molecule has 3 aliphatic heterocycles. The summed E-state index contributed by atoms with van der Waals surface area (Å²) in [5.74, 6) is 0.0410. The van der Waals surface area contributed by atoms with E-state index in [0.29, 0.717) is 18.7 Å². The van der Waals surface area contributed by atoms with Crippen molar-refractivity contribution in [1.82, 2.24) is 14.8 Å². The first-order chi connectivity index (χ1) is 12.3. The van der Waals surface area contributed by atoms with Gasteiger partial charge in [0.15, 0.2) is 0 Å². The van der Waals surface area contributed by atoms with Crippen LogP contribution in [0.15, 0.2) is 24.5 Å². The van der Waals surface area contributed by atoms with Crippen molar-refractivity contribution in [2.75, 3.05) is 39.4 Å². The Kier molecular flexibility index (Phi) is 5.29. The van der Waals surface area contributed by atoms with Gasteiger partial charge in [-0.3, -0.25) is 9.78 Å². The van der Waals surface area contributed by atoms with Crippen LogP contribution < -0.4 is 0 Å². The van der Waals surface area contributed by atoms with E-state index in [1.165, 1.54) is 25.9 Å². The zero-order valence-corrected chi connectivity index (χ0v) is 14.7. The zero-order valence-electron chi connectivity index (χ0n) is 14.7. The highest BCUT2D eigenvalue weighted by atomic mass is 16.5. The molecule has 0 bridgehead atoms. The van der Waals surface area contributed by atoms with E-state index in [-0.39, 0.29) is 24.2 Å². The summed E-state index contributed by atoms with van der Waals surface area (Å²) in [7, 11) is 0. The first kappa shape index (κ1) is 16.9. The summed E-state index contributed by atoms with van der Waals surface area (Å²) in [6.07, 6.45) is 7.90. The number of carbonyl (C=O) groups excluding carboxylic acids is 1. The molecule has 3 fully saturated rings. The fraction of sp³-hybridized carbons (Fsp3) is 0.684. The van der Waals surface area contributed by atoms with Gasteiger partial charge in [-0.1, -0.05) is 0 Å². The van der Waals surface area contributed by atoms with Crippen molar-refractivity contribution in [3.63, 3.8) is 0 Å². The van der Waals surface area contributed by atoms with Crippen LogP contribution in [0, 0.1) is 0 Å². The highest BCUT2D eigenvalue weighted by Crippen LogP contribution is 2.31. The number of hydrogen-bond donors (Lipinski definition) is 0. The van der Waals surface area contributed by atoms with Gasteiger partial charge in [0, 0.05) is 25.5 Å². The molecular weight excluding hydrogens is 318 g/mol. The molecule has 6 nitrogen and oxygen atoms in total. The second kappa shape index (κ2) is 7.81. The maximum Gasteiger partial charge on any atom is 0.255 e. The predicted octanol–water partition coefficient (Wildman–Crippen LogP) is 1.57. The van der Waals surface area contributed by atoms with Crippen molar-refractivity contribution in [1.29, 1.82) is 0 Å². The number of likely N-dealkylation sites (tertiary alicyclic amines) is 2. The van der Waals surface area contributed by atoms with Crippen LogP contribution in [0.2, 0.25) is 0 Å². The highest BCUT2D eigenvalue weighted by molar-refractivity contribution is 5.94. The Bertz CT molecular complexity index is 577. The van der Waals surface area contributed by atoms with E-state index in [1.54, 1.807) is 12.4 Å². The van der Waals surface area contributed by atoms with E-state index in [1.807, 2.05) is 17.0 Å². The number of rotatable bonds is 5. The van der Waals surface area contributed by atoms with Crippen LogP contribution in [0.25, 0.3) is 0 Å². The highest BCUT2D eigenvalue weighted by Gasteiger charge is 2.46. The van der Waals surface area contributed by atoms with Crippen LogP contribution in [0.1, 0.15) is 36.0 Å². The molecule has 0 N–H and O–H groups in total. The lowest BCUT2D eigenvalue weighted by molar-refractivity contribution is -0.0782. The third-order valence-electron chi connectivity index (χ3n) is 5.58. The van der Waals surface area contributed by atoms with Crippen LogP contribution in [0.4, 0.5) is 0 Å². The molecule has 6 heteroatoms. The topological polar surface area (TPSA) is 54.9 Å². The largest absolute Gasteiger partial charge is 0.373 e. The maximum atomic E-state index is 12.9. The number of ether oxygens (including phenoxy) is 2. The molecule has 4 rings (SSSR count). The normalized spacial score (nSPS) is 29.8. The Hall–Kier alpha value is -1.50. The fourth-order valence-electron chi connectivity index (χ4n) is 4.28. The molecule has 0 aliphatic carbocycles. The Labute approximate surface area is 149 Å². The molecule has 3 atom stereocenters. The number of nitrogens with zero attached hydrogens (tertiary/aromatic N) is 3. The molecular formula is C19H27N3O3. The van der Waals surface area contributed by atoms with Crippen molar-refractivity contribution >= 4 is 5.91 Å². The standard InChI is InChI=1S/C19H27N3O3/c23-19(15-5-3-7-20-13-15)22-14-17(18-16(22)6-4-11-25-18)24-12-10-21-8-1-2-9-21/h3,5,7,13,16-18H,1-2,4,6,8-12,14H2/t16-,17+,18+/m0/s1. The van der Waals surface area contributed by atoms with Gasteiger partial charge in [-0.05, 0) is 50.9 Å². The van der Waals surface area contributed by atoms with Gasteiger partial charge in [-0.15, -0.1) is 0 Å². The molecule has 3 aliphatic rings. The molecule has 1 aromatic rings. The summed E-state index contributed by atoms with van der Waals surface area (Å²) in [6, 6.07) is 3.76. The van der Waals surface area contributed by atoms with Gasteiger partial charge in [0.2, 0.25) is 0 Å². The first-order valence-electron chi connectivity index (χ1n) is 9.49. The molecule has 0 radical (unpaired) electrons. The number of fused-ring (bicyclic) bond motifs is 1. The van der Waals surface area contributed by atoms with Crippen LogP contribution >= 0.6 is 0 Å². The van der Waals surface area contributed by atoms with Crippen molar-refractivity contribution in [2.24, 2.45) is 0 Å². The minimum atomic E-state index is -0.0199. The van der Waals surface area contributed by atoms with Crippen molar-refractivity contribution in [3.8, 4) is 0 Å². The van der Waals surface area contributed by atoms with Crippen LogP contribution in [-0.4, -0.2) is 78.3 Å². The number of amides is 1. The molecule has 1 amide bonds. The molecule has 3 saturated heterocycles. The van der Waals surface area contributed by atoms with Gasteiger partial charge < -0.3 is 19.3 Å². The van der Waals surface area contributed by atoms with E-state index in [9.17, 15) is 4.79 Å². The van der Waals surface area contributed by atoms with E-state index in [4.69, 9.17) is 9.47 Å². The van der Waals surface area contributed by atoms with Gasteiger partial charge in [0.25, 0.3) is 5.91 Å². The Balaban J connectivity index is 1.39. The minimum Gasteiger partial charge on any atom is -0.373 e. The molecule has 25 heavy (non-hydrogen) atoms. The smallest absolute Gasteiger partial charge is 0.255 e. The molecule has 0 unspecified atom stereocenters. The van der Waals surface area contributed by atoms with Crippen LogP contribution in [0.3, 0.4) is 0 Å². The summed E-state index contributed by atoms with van der Waals surface area (Å²) in [5.41, 5.74) is 0.643. The average Bonchev–Trinajstić information content (AvgIpc) is 3.30. The van der Waals surface area contributed by atoms with Crippen LogP contribution in [-0.2, 0) is 9.47 Å². The van der Waals surface area contributed by atoms with Crippen LogP contribution in [0.5, 0.6) is 0 Å². The van der Waals surface area contributed by atoms with Gasteiger partial charge in [-0.25, -0.2) is 0 Å². The first-order valence-corrected chi connectivity index (χ1v) is 9.49. The Morgan fingerprint density at radius 3 is 3.00 bits per heavy atom. The number of pyridine rings is 1. The summed E-state index contributed by atoms with van der Waals surface area (Å²) >= 11 is 0. The molecule has 4 heterocycles. The molecule has 0 aromatic carbocycles. The predicted molar refractivity (Wildman–Crippen MR) is 93.4 cm³/mol. The lowest BCUT2D eigenvalue weighted by Crippen LogP contribution is -2.44. The quantitative estimate of drug-likeness (QED) is 0.811. The summed E-state index contributed by atoms with van der Waals surface area (Å²) in [5, 5.41) is 0. The van der Waals surface area contributed by atoms with Gasteiger partial charge in [-0.2, -0.15) is 0 Å². The third kappa shape index (κ3) is 3.71. The summed E-state index contributed by atoms with van der Waals surface area (Å²) in [6.45, 7) is 5.44. The average molecular weight is 345 g/mol. The van der Waals surface area contributed by atoms with Gasteiger partial charge in [0.1, 0.15) is 12.2 Å². The van der Waals surface area contributed by atoms with E-state index in [0.717, 1.165) is 26.0 Å². The zero-order chi connectivity index (χ0) is 17.1. The van der Waals surface area contributed by atoms with Gasteiger partial charge >= 0.3 is 0 Å². The number of hydrogen-bond acceptors (Lipinski definition) is 5. The second-order valence-corrected chi connectivity index (χ2v) is 7.20. The minimum absolute atomic E-state index is 0.00736. The van der Waals surface area contributed by atoms with E-state index >= 15 is 0 Å². The van der Waals surface area contributed by atoms with Crippen molar-refractivity contribution in [3.05, 3.63) is 30.1 Å². The molecule has 136 valence electrons. The van der Waals surface area contributed by atoms with Gasteiger partial charge in [0.05, 0.1) is 24.8 Å². The number of aromatic nitrogens is 1. The summed E-state index contributed by atoms with van der Waals surface area (Å²) < 4.78 is 12.2. The molecule has 1 aromatic heterocycles. The Morgan fingerprint density at radius 1 is 1.32 bits per heavy atom. The lowest BCUT2D eigenvalue weighted by Gasteiger charge is -2.32. The lowest BCUT2D eigenvalue weighted by atomic mass is 10.0. The summed E-state index contributed by atoms with van der Waals surface area (Å²) in [4.78, 5) is 21.4. The Morgan fingerprint density at radius 2 is 2.20 bits per heavy atom. The monoisotopic (exact) mass is 345 g/mol. The SMILES string of the molecule is O=C(c1cccnc1)N1C[C@@H](OCCN2CCCC2)[C@@H]2OCCC[C@@H]21. The number of carbonyl (C=O) groups is 1. The third-order valence-corrected chi connectivity index (χ3v) is 5.58. The van der Waals surface area contributed by atoms with Crippen molar-refractivity contribution < 1.29 is 14.3 Å². The van der Waals surface area contributed by atoms with E-state index in [2.05, 4.69) is 9.88 Å². The van der Waals surface area contributed by atoms with Crippen molar-refractivity contribution in [2.45, 2.75) is 43.9 Å². The maximum absolute atomic E-state index is 12.9. The molecule has 0 spiro atoms. The fourth-order valence-corrected chi connectivity index (χ4v) is 4.28. The van der Waals surface area contributed by atoms with E-state index < -0.39 is 0 Å². The molecule has 0 saturated carbocycles.